The topological polar surface area (TPSA) is 105 Å². The molecule has 1 aromatic carbocycles. The number of aryl methyl sites for hydroxylation is 1. The third-order valence-electron chi connectivity index (χ3n) is 2.57. The van der Waals surface area contributed by atoms with Crippen molar-refractivity contribution in [2.45, 2.75) is 6.92 Å². The molecule has 0 radical (unpaired) electrons. The van der Waals surface area contributed by atoms with Crippen LogP contribution in [0, 0.1) is 6.92 Å². The van der Waals surface area contributed by atoms with E-state index in [0.717, 1.165) is 11.5 Å². The molecule has 1 amide bonds. The lowest BCUT2D eigenvalue weighted by atomic mass is 10.2. The number of aromatic nitrogens is 1. The maximum Gasteiger partial charge on any atom is 0.340 e. The number of nitrogens with zero attached hydrogens (tertiary/aromatic N) is 1. The maximum atomic E-state index is 12.1. The molecule has 4 N–H and O–H groups in total. The van der Waals surface area contributed by atoms with E-state index in [4.69, 9.17) is 10.8 Å². The highest BCUT2D eigenvalue weighted by Gasteiger charge is 2.19. The molecule has 6 nitrogen and oxygen atoms in total. The van der Waals surface area contributed by atoms with E-state index in [1.165, 1.54) is 0 Å². The SMILES string of the molecule is Cc1nsc(NC(=O)c2ccc(N)c(Br)c2)c1C(=O)O. The van der Waals surface area contributed by atoms with Crippen LogP contribution < -0.4 is 11.1 Å². The Labute approximate surface area is 126 Å². The van der Waals surface area contributed by atoms with Gasteiger partial charge in [0.1, 0.15) is 10.6 Å². The molecule has 2 aromatic rings. The molecule has 0 saturated carbocycles. The van der Waals surface area contributed by atoms with Gasteiger partial charge in [-0.3, -0.25) is 4.79 Å². The van der Waals surface area contributed by atoms with E-state index in [1.54, 1.807) is 25.1 Å². The van der Waals surface area contributed by atoms with Crippen LogP contribution in [0.15, 0.2) is 22.7 Å². The lowest BCUT2D eigenvalue weighted by molar-refractivity contribution is 0.0697. The van der Waals surface area contributed by atoms with Gasteiger partial charge in [0.05, 0.1) is 5.69 Å². The smallest absolute Gasteiger partial charge is 0.340 e. The van der Waals surface area contributed by atoms with Gasteiger partial charge in [0.2, 0.25) is 0 Å². The first-order valence-electron chi connectivity index (χ1n) is 5.46. The summed E-state index contributed by atoms with van der Waals surface area (Å²) in [6.07, 6.45) is 0. The number of nitrogen functional groups attached to an aromatic ring is 1. The molecule has 8 heteroatoms. The van der Waals surface area contributed by atoms with Crippen molar-refractivity contribution < 1.29 is 14.7 Å². The number of nitrogens with one attached hydrogen (secondary N) is 1. The van der Waals surface area contributed by atoms with Crippen LogP contribution in [0.4, 0.5) is 10.7 Å². The molecule has 0 fully saturated rings. The highest BCUT2D eigenvalue weighted by molar-refractivity contribution is 9.10. The fourth-order valence-corrected chi connectivity index (χ4v) is 2.71. The number of hydrogen-bond donors (Lipinski definition) is 3. The van der Waals surface area contributed by atoms with Crippen LogP contribution in [-0.2, 0) is 0 Å². The molecular formula is C12H10BrN3O3S. The number of carboxylic acid groups (broad SMARTS) is 1. The maximum absolute atomic E-state index is 12.1. The van der Waals surface area contributed by atoms with Crippen molar-refractivity contribution in [2.75, 3.05) is 11.1 Å². The van der Waals surface area contributed by atoms with E-state index in [1.807, 2.05) is 0 Å². The number of carbonyl (C=O) groups excluding carboxylic acids is 1. The molecule has 104 valence electrons. The van der Waals surface area contributed by atoms with Crippen LogP contribution in [0.2, 0.25) is 0 Å². The molecule has 20 heavy (non-hydrogen) atoms. The quantitative estimate of drug-likeness (QED) is 0.734. The zero-order valence-electron chi connectivity index (χ0n) is 10.3. The molecular weight excluding hydrogens is 346 g/mol. The van der Waals surface area contributed by atoms with Crippen molar-refractivity contribution >= 4 is 50.0 Å². The Hall–Kier alpha value is -1.93. The van der Waals surface area contributed by atoms with Gasteiger partial charge in [-0.05, 0) is 52.6 Å². The minimum Gasteiger partial charge on any atom is -0.478 e. The zero-order chi connectivity index (χ0) is 14.9. The second-order valence-electron chi connectivity index (χ2n) is 3.97. The number of nitrogens with two attached hydrogens (primary N) is 1. The van der Waals surface area contributed by atoms with Crippen molar-refractivity contribution in [3.05, 3.63) is 39.5 Å². The third kappa shape index (κ3) is 2.81. The molecule has 2 rings (SSSR count). The highest BCUT2D eigenvalue weighted by atomic mass is 79.9. The summed E-state index contributed by atoms with van der Waals surface area (Å²) in [5.74, 6) is -1.54. The van der Waals surface area contributed by atoms with Crippen LogP contribution in [0.3, 0.4) is 0 Å². The lowest BCUT2D eigenvalue weighted by Gasteiger charge is -2.05. The Morgan fingerprint density at radius 2 is 2.15 bits per heavy atom. The number of aromatic carboxylic acids is 1. The van der Waals surface area contributed by atoms with E-state index < -0.39 is 11.9 Å². The molecule has 0 saturated heterocycles. The number of amides is 1. The number of hydrogen-bond acceptors (Lipinski definition) is 5. The summed E-state index contributed by atoms with van der Waals surface area (Å²) >= 11 is 4.17. The molecule has 0 aliphatic rings. The Morgan fingerprint density at radius 3 is 2.75 bits per heavy atom. The first kappa shape index (κ1) is 14.5. The Kier molecular flexibility index (Phi) is 4.05. The van der Waals surface area contributed by atoms with Crippen LogP contribution >= 0.6 is 27.5 Å². The molecule has 0 spiro atoms. The average Bonchev–Trinajstić information content (AvgIpc) is 2.73. The predicted octanol–water partition coefficient (Wildman–Crippen LogP) is 2.75. The Morgan fingerprint density at radius 1 is 1.45 bits per heavy atom. The molecule has 0 unspecified atom stereocenters. The van der Waals surface area contributed by atoms with Crippen molar-refractivity contribution in [2.24, 2.45) is 0 Å². The summed E-state index contributed by atoms with van der Waals surface area (Å²) in [7, 11) is 0. The van der Waals surface area contributed by atoms with Gasteiger partial charge >= 0.3 is 5.97 Å². The zero-order valence-corrected chi connectivity index (χ0v) is 12.7. The van der Waals surface area contributed by atoms with Crippen LogP contribution in [0.1, 0.15) is 26.4 Å². The van der Waals surface area contributed by atoms with E-state index in [2.05, 4.69) is 25.6 Å². The van der Waals surface area contributed by atoms with Crippen LogP contribution in [-0.4, -0.2) is 21.4 Å². The third-order valence-corrected chi connectivity index (χ3v) is 4.11. The monoisotopic (exact) mass is 355 g/mol. The van der Waals surface area contributed by atoms with Gasteiger partial charge in [0, 0.05) is 15.7 Å². The molecule has 0 aliphatic heterocycles. The van der Waals surface area contributed by atoms with E-state index in [9.17, 15) is 9.59 Å². The van der Waals surface area contributed by atoms with Crippen molar-refractivity contribution in [1.29, 1.82) is 0 Å². The van der Waals surface area contributed by atoms with E-state index in [-0.39, 0.29) is 10.6 Å². The van der Waals surface area contributed by atoms with Crippen molar-refractivity contribution in [3.8, 4) is 0 Å². The Balaban J connectivity index is 2.28. The van der Waals surface area contributed by atoms with Crippen molar-refractivity contribution in [3.63, 3.8) is 0 Å². The van der Waals surface area contributed by atoms with Gasteiger partial charge in [-0.15, -0.1) is 0 Å². The number of halogens is 1. The summed E-state index contributed by atoms with van der Waals surface area (Å²) in [6.45, 7) is 1.58. The summed E-state index contributed by atoms with van der Waals surface area (Å²) in [5, 5.41) is 11.9. The lowest BCUT2D eigenvalue weighted by Crippen LogP contribution is -2.13. The first-order chi connectivity index (χ1) is 9.40. The Bertz CT molecular complexity index is 699. The predicted molar refractivity (Wildman–Crippen MR) is 80.3 cm³/mol. The largest absolute Gasteiger partial charge is 0.478 e. The fourth-order valence-electron chi connectivity index (χ4n) is 1.55. The molecule has 1 aromatic heterocycles. The highest BCUT2D eigenvalue weighted by Crippen LogP contribution is 2.26. The standard InChI is InChI=1S/C12H10BrN3O3S/c1-5-9(12(18)19)11(20-16-5)15-10(17)6-2-3-8(14)7(13)4-6/h2-4H,14H2,1H3,(H,15,17)(H,18,19). The molecule has 0 aliphatic carbocycles. The molecule has 0 atom stereocenters. The van der Waals surface area contributed by atoms with Gasteiger partial charge < -0.3 is 16.2 Å². The molecule has 1 heterocycles. The van der Waals surface area contributed by atoms with Crippen molar-refractivity contribution in [1.82, 2.24) is 4.37 Å². The van der Waals surface area contributed by atoms with Crippen LogP contribution in [0.5, 0.6) is 0 Å². The summed E-state index contributed by atoms with van der Waals surface area (Å²) in [4.78, 5) is 23.2. The van der Waals surface area contributed by atoms with Gasteiger partial charge in [-0.25, -0.2) is 4.79 Å². The van der Waals surface area contributed by atoms with Gasteiger partial charge in [-0.1, -0.05) is 0 Å². The van der Waals surface area contributed by atoms with E-state index in [0.29, 0.717) is 21.4 Å². The minimum absolute atomic E-state index is 0.0119. The average molecular weight is 356 g/mol. The summed E-state index contributed by atoms with van der Waals surface area (Å²) in [5.41, 5.74) is 6.91. The normalized spacial score (nSPS) is 10.3. The number of benzene rings is 1. The number of carbonyl (C=O) groups is 2. The second-order valence-corrected chi connectivity index (χ2v) is 5.60. The minimum atomic E-state index is -1.12. The second kappa shape index (κ2) is 5.59. The fraction of sp³-hybridized carbons (Fsp3) is 0.0833. The van der Waals surface area contributed by atoms with E-state index >= 15 is 0 Å². The first-order valence-corrected chi connectivity index (χ1v) is 7.02. The van der Waals surface area contributed by atoms with Crippen LogP contribution in [0.25, 0.3) is 0 Å². The van der Waals surface area contributed by atoms with Gasteiger partial charge in [0.25, 0.3) is 5.91 Å². The number of carboxylic acids is 1. The number of anilines is 2. The summed E-state index contributed by atoms with van der Waals surface area (Å²) < 4.78 is 4.53. The van der Waals surface area contributed by atoms with Gasteiger partial charge in [-0.2, -0.15) is 4.37 Å². The molecule has 0 bridgehead atoms. The van der Waals surface area contributed by atoms with Gasteiger partial charge in [0.15, 0.2) is 0 Å². The number of rotatable bonds is 3. The summed E-state index contributed by atoms with van der Waals surface area (Å²) in [6, 6.07) is 4.72.